The molecule has 6 heteroatoms. The van der Waals surface area contributed by atoms with Crippen LogP contribution in [0.2, 0.25) is 0 Å². The zero-order chi connectivity index (χ0) is 14.6. The van der Waals surface area contributed by atoms with E-state index in [1.54, 1.807) is 6.08 Å². The average Bonchev–Trinajstić information content (AvgIpc) is 3.05. The lowest BCUT2D eigenvalue weighted by Crippen LogP contribution is -2.48. The molecule has 3 fully saturated rings. The second-order valence-electron chi connectivity index (χ2n) is 5.65. The zero-order valence-electron chi connectivity index (χ0n) is 11.6. The van der Waals surface area contributed by atoms with E-state index >= 15 is 0 Å². The molecule has 108 valence electrons. The monoisotopic (exact) mass is 278 g/mol. The van der Waals surface area contributed by atoms with Crippen molar-refractivity contribution in [1.82, 2.24) is 9.80 Å². The van der Waals surface area contributed by atoms with E-state index in [0.717, 1.165) is 17.7 Å². The van der Waals surface area contributed by atoms with Gasteiger partial charge in [-0.25, -0.2) is 0 Å². The summed E-state index contributed by atoms with van der Waals surface area (Å²) in [5.41, 5.74) is 0. The Bertz CT molecular complexity index is 503. The summed E-state index contributed by atoms with van der Waals surface area (Å²) in [5, 5.41) is 0. The number of nitrogens with zero attached hydrogens (tertiary/aromatic N) is 2. The number of likely N-dealkylation sites (tertiary alicyclic amines) is 1. The third-order valence-electron chi connectivity index (χ3n) is 4.93. The van der Waals surface area contributed by atoms with Gasteiger partial charge in [-0.2, -0.15) is 0 Å². The molecule has 3 aliphatic heterocycles. The molecule has 20 heavy (non-hydrogen) atoms. The fourth-order valence-corrected chi connectivity index (χ4v) is 4.08. The highest BCUT2D eigenvalue weighted by Crippen LogP contribution is 2.48. The summed E-state index contributed by atoms with van der Waals surface area (Å²) in [7, 11) is 2.80. The van der Waals surface area contributed by atoms with Gasteiger partial charge in [-0.3, -0.25) is 24.2 Å². The Kier molecular flexibility index (Phi) is 2.93. The van der Waals surface area contributed by atoms with Gasteiger partial charge in [-0.05, 0) is 12.8 Å². The number of carbonyl (C=O) groups is 3. The minimum absolute atomic E-state index is 0.0283. The molecule has 0 saturated carbocycles. The SMILES string of the molecule is C=C[C@@H]1CC[C@H]2[C@H]3C(=O)N(C)C(=O)[C@H]3[C@H](C(=O)OC)N12. The number of esters is 1. The number of imide groups is 1. The molecule has 0 unspecified atom stereocenters. The first-order chi connectivity index (χ1) is 9.52. The lowest BCUT2D eigenvalue weighted by Gasteiger charge is -2.29. The van der Waals surface area contributed by atoms with E-state index in [-0.39, 0.29) is 23.9 Å². The third kappa shape index (κ3) is 1.45. The molecule has 3 aliphatic rings. The molecule has 0 aliphatic carbocycles. The average molecular weight is 278 g/mol. The summed E-state index contributed by atoms with van der Waals surface area (Å²) >= 11 is 0. The van der Waals surface area contributed by atoms with E-state index < -0.39 is 23.8 Å². The van der Waals surface area contributed by atoms with Crippen molar-refractivity contribution in [2.75, 3.05) is 14.2 Å². The molecule has 0 spiro atoms. The number of rotatable bonds is 2. The van der Waals surface area contributed by atoms with Gasteiger partial charge in [0.1, 0.15) is 6.04 Å². The molecule has 3 rings (SSSR count). The normalized spacial score (nSPS) is 39.9. The molecule has 0 radical (unpaired) electrons. The number of amides is 2. The molecule has 0 aromatic rings. The van der Waals surface area contributed by atoms with E-state index in [0.29, 0.717) is 0 Å². The van der Waals surface area contributed by atoms with Crippen LogP contribution >= 0.6 is 0 Å². The summed E-state index contributed by atoms with van der Waals surface area (Å²) in [6.07, 6.45) is 3.45. The molecule has 3 saturated heterocycles. The molecule has 0 aromatic heterocycles. The molecule has 0 N–H and O–H groups in total. The fourth-order valence-electron chi connectivity index (χ4n) is 4.08. The summed E-state index contributed by atoms with van der Waals surface area (Å²) in [6.45, 7) is 3.80. The maximum atomic E-state index is 12.3. The molecule has 0 aromatic carbocycles. The zero-order valence-corrected chi connectivity index (χ0v) is 11.6. The van der Waals surface area contributed by atoms with Crippen molar-refractivity contribution in [1.29, 1.82) is 0 Å². The molecular formula is C14H18N2O4. The summed E-state index contributed by atoms with van der Waals surface area (Å²) < 4.78 is 4.87. The number of carbonyl (C=O) groups excluding carboxylic acids is 3. The highest BCUT2D eigenvalue weighted by molar-refractivity contribution is 6.08. The minimum atomic E-state index is -0.665. The Hall–Kier alpha value is -1.69. The maximum Gasteiger partial charge on any atom is 0.323 e. The first-order valence-electron chi connectivity index (χ1n) is 6.82. The Morgan fingerprint density at radius 3 is 2.55 bits per heavy atom. The van der Waals surface area contributed by atoms with Crippen molar-refractivity contribution in [3.63, 3.8) is 0 Å². The minimum Gasteiger partial charge on any atom is -0.468 e. The van der Waals surface area contributed by atoms with E-state index in [1.807, 2.05) is 4.90 Å². The van der Waals surface area contributed by atoms with Crippen molar-refractivity contribution in [3.05, 3.63) is 12.7 Å². The van der Waals surface area contributed by atoms with Crippen molar-refractivity contribution in [2.24, 2.45) is 11.8 Å². The predicted molar refractivity (Wildman–Crippen MR) is 69.4 cm³/mol. The molecule has 3 heterocycles. The number of ether oxygens (including phenoxy) is 1. The van der Waals surface area contributed by atoms with E-state index in [9.17, 15) is 14.4 Å². The first kappa shape index (κ1) is 13.3. The van der Waals surface area contributed by atoms with Gasteiger partial charge >= 0.3 is 5.97 Å². The van der Waals surface area contributed by atoms with Crippen molar-refractivity contribution >= 4 is 17.8 Å². The second-order valence-corrected chi connectivity index (χ2v) is 5.65. The van der Waals surface area contributed by atoms with Crippen molar-refractivity contribution in [3.8, 4) is 0 Å². The van der Waals surface area contributed by atoms with Crippen LogP contribution in [-0.2, 0) is 19.1 Å². The molecule has 2 amide bonds. The number of hydrogen-bond acceptors (Lipinski definition) is 5. The standard InChI is InChI=1S/C14H18N2O4/c1-4-7-5-6-8-9-10(13(18)15(2)12(9)17)11(16(7)8)14(19)20-3/h4,7-11H,1,5-6H2,2-3H3/t7-,8+,9-,10-,11-/m1/s1. The van der Waals surface area contributed by atoms with Crippen molar-refractivity contribution in [2.45, 2.75) is 31.0 Å². The van der Waals surface area contributed by atoms with E-state index in [1.165, 1.54) is 14.2 Å². The fraction of sp³-hybridized carbons (Fsp3) is 0.643. The van der Waals surface area contributed by atoms with Crippen LogP contribution in [0.4, 0.5) is 0 Å². The molecular weight excluding hydrogens is 260 g/mol. The summed E-state index contributed by atoms with van der Waals surface area (Å²) in [6, 6.07) is -0.698. The highest BCUT2D eigenvalue weighted by atomic mass is 16.5. The van der Waals surface area contributed by atoms with Crippen LogP contribution in [0.3, 0.4) is 0 Å². The van der Waals surface area contributed by atoms with E-state index in [2.05, 4.69) is 6.58 Å². The van der Waals surface area contributed by atoms with Gasteiger partial charge in [0.2, 0.25) is 11.8 Å². The van der Waals surface area contributed by atoms with Crippen LogP contribution in [0.15, 0.2) is 12.7 Å². The molecule has 0 bridgehead atoms. The van der Waals surface area contributed by atoms with Crippen LogP contribution < -0.4 is 0 Å². The Morgan fingerprint density at radius 2 is 1.95 bits per heavy atom. The predicted octanol–water partition coefficient (Wildman–Crippen LogP) is -0.208. The number of methoxy groups -OCH3 is 1. The van der Waals surface area contributed by atoms with Crippen LogP contribution in [0.1, 0.15) is 12.8 Å². The van der Waals surface area contributed by atoms with Crippen LogP contribution in [0, 0.1) is 11.8 Å². The van der Waals surface area contributed by atoms with Gasteiger partial charge < -0.3 is 4.74 Å². The van der Waals surface area contributed by atoms with Gasteiger partial charge in [0.05, 0.1) is 18.9 Å². The Balaban J connectivity index is 2.05. The van der Waals surface area contributed by atoms with E-state index in [4.69, 9.17) is 4.74 Å². The lowest BCUT2D eigenvalue weighted by atomic mass is 9.87. The summed E-state index contributed by atoms with van der Waals surface area (Å²) in [5.74, 6) is -1.90. The first-order valence-corrected chi connectivity index (χ1v) is 6.82. The maximum absolute atomic E-state index is 12.3. The largest absolute Gasteiger partial charge is 0.468 e. The second kappa shape index (κ2) is 4.41. The van der Waals surface area contributed by atoms with Crippen molar-refractivity contribution < 1.29 is 19.1 Å². The van der Waals surface area contributed by atoms with Gasteiger partial charge in [0.15, 0.2) is 0 Å². The van der Waals surface area contributed by atoms with Crippen LogP contribution in [-0.4, -0.2) is 59.9 Å². The van der Waals surface area contributed by atoms with Crippen LogP contribution in [0.25, 0.3) is 0 Å². The number of hydrogen-bond donors (Lipinski definition) is 0. The van der Waals surface area contributed by atoms with Gasteiger partial charge in [0, 0.05) is 19.1 Å². The molecule has 6 nitrogen and oxygen atoms in total. The molecule has 5 atom stereocenters. The van der Waals surface area contributed by atoms with Gasteiger partial charge in [0.25, 0.3) is 0 Å². The highest BCUT2D eigenvalue weighted by Gasteiger charge is 2.65. The van der Waals surface area contributed by atoms with Gasteiger partial charge in [-0.15, -0.1) is 6.58 Å². The topological polar surface area (TPSA) is 66.9 Å². The summed E-state index contributed by atoms with van der Waals surface area (Å²) in [4.78, 5) is 39.9. The third-order valence-corrected chi connectivity index (χ3v) is 4.93. The Morgan fingerprint density at radius 1 is 1.30 bits per heavy atom. The number of fused-ring (bicyclic) bond motifs is 3. The van der Waals surface area contributed by atoms with Gasteiger partial charge in [-0.1, -0.05) is 6.08 Å². The lowest BCUT2D eigenvalue weighted by molar-refractivity contribution is -0.151. The Labute approximate surface area is 117 Å². The quantitative estimate of drug-likeness (QED) is 0.397. The smallest absolute Gasteiger partial charge is 0.323 e. The van der Waals surface area contributed by atoms with Crippen LogP contribution in [0.5, 0.6) is 0 Å².